The maximum atomic E-state index is 13.1. The van der Waals surface area contributed by atoms with Gasteiger partial charge in [0.15, 0.2) is 0 Å². The zero-order valence-electron chi connectivity index (χ0n) is 16.2. The van der Waals surface area contributed by atoms with E-state index in [1.54, 1.807) is 0 Å². The van der Waals surface area contributed by atoms with Crippen molar-refractivity contribution in [3.05, 3.63) is 64.3 Å². The Morgan fingerprint density at radius 2 is 1.79 bits per heavy atom. The van der Waals surface area contributed by atoms with Crippen LogP contribution < -0.4 is 10.1 Å². The van der Waals surface area contributed by atoms with Crippen LogP contribution in [0.5, 0.6) is 5.75 Å². The summed E-state index contributed by atoms with van der Waals surface area (Å²) in [5.74, 6) is 0.326. The van der Waals surface area contributed by atoms with Gasteiger partial charge in [0.05, 0.1) is 12.2 Å². The first-order valence-corrected chi connectivity index (χ1v) is 10.1. The highest BCUT2D eigenvalue weighted by atomic mass is 79.9. The largest absolute Gasteiger partial charge is 0.494 e. The van der Waals surface area contributed by atoms with E-state index >= 15 is 0 Å². The normalized spacial score (nSPS) is 14.2. The molecule has 0 spiro atoms. The molecule has 2 amide bonds. The molecule has 0 bridgehead atoms. The molecule has 0 aromatic heterocycles. The third-order valence-corrected chi connectivity index (χ3v) is 4.76. The van der Waals surface area contributed by atoms with E-state index in [1.165, 1.54) is 4.90 Å². The van der Waals surface area contributed by atoms with Crippen molar-refractivity contribution in [2.24, 2.45) is 5.92 Å². The lowest BCUT2D eigenvalue weighted by atomic mass is 10.0. The molecule has 2 aromatic carbocycles. The van der Waals surface area contributed by atoms with E-state index in [9.17, 15) is 9.59 Å². The number of ether oxygens (including phenoxy) is 1. The zero-order valence-corrected chi connectivity index (χ0v) is 17.7. The Morgan fingerprint density at radius 1 is 1.07 bits per heavy atom. The van der Waals surface area contributed by atoms with Gasteiger partial charge in [0, 0.05) is 16.7 Å². The molecule has 0 aliphatic carbocycles. The molecule has 0 saturated carbocycles. The van der Waals surface area contributed by atoms with Crippen LogP contribution >= 0.6 is 15.9 Å². The van der Waals surface area contributed by atoms with Gasteiger partial charge < -0.3 is 10.1 Å². The highest BCUT2D eigenvalue weighted by Crippen LogP contribution is 2.32. The SMILES string of the molecule is CCOc1ccc(C2=C(Nc3cccc(Br)c3)C(=O)N(CC(C)C)C2=O)cc1. The van der Waals surface area contributed by atoms with E-state index < -0.39 is 0 Å². The lowest BCUT2D eigenvalue weighted by molar-refractivity contribution is -0.137. The number of hydrogen-bond acceptors (Lipinski definition) is 4. The number of carbonyl (C=O) groups excluding carboxylic acids is 2. The number of rotatable bonds is 7. The predicted octanol–water partition coefficient (Wildman–Crippen LogP) is 4.70. The standard InChI is InChI=1S/C22H23BrN2O3/c1-4-28-18-10-8-15(9-11-18)19-20(24-17-7-5-6-16(23)12-17)22(27)25(21(19)26)13-14(2)3/h5-12,14,24H,4,13H2,1-3H3. The highest BCUT2D eigenvalue weighted by molar-refractivity contribution is 9.10. The first kappa shape index (κ1) is 20.1. The Balaban J connectivity index is 2.03. The number of halogens is 1. The monoisotopic (exact) mass is 442 g/mol. The maximum absolute atomic E-state index is 13.1. The van der Waals surface area contributed by atoms with Crippen molar-refractivity contribution in [2.45, 2.75) is 20.8 Å². The molecule has 0 unspecified atom stereocenters. The fourth-order valence-electron chi connectivity index (χ4n) is 3.09. The molecule has 6 heteroatoms. The third-order valence-electron chi connectivity index (χ3n) is 4.26. The Kier molecular flexibility index (Phi) is 6.19. The van der Waals surface area contributed by atoms with Crippen LogP contribution in [-0.4, -0.2) is 29.9 Å². The lowest BCUT2D eigenvalue weighted by Crippen LogP contribution is -2.35. The molecule has 1 heterocycles. The van der Waals surface area contributed by atoms with Crippen LogP contribution in [0, 0.1) is 5.92 Å². The summed E-state index contributed by atoms with van der Waals surface area (Å²) < 4.78 is 6.37. The fourth-order valence-corrected chi connectivity index (χ4v) is 3.49. The van der Waals surface area contributed by atoms with Gasteiger partial charge in [0.25, 0.3) is 11.8 Å². The van der Waals surface area contributed by atoms with E-state index in [4.69, 9.17) is 4.74 Å². The van der Waals surface area contributed by atoms with Crippen molar-refractivity contribution < 1.29 is 14.3 Å². The van der Waals surface area contributed by atoms with Gasteiger partial charge in [-0.2, -0.15) is 0 Å². The molecule has 1 aliphatic rings. The third kappa shape index (κ3) is 4.28. The van der Waals surface area contributed by atoms with Crippen LogP contribution in [0.3, 0.4) is 0 Å². The van der Waals surface area contributed by atoms with Crippen LogP contribution in [0.1, 0.15) is 26.3 Å². The Labute approximate surface area is 173 Å². The van der Waals surface area contributed by atoms with Crippen molar-refractivity contribution in [3.8, 4) is 5.75 Å². The minimum atomic E-state index is -0.303. The minimum Gasteiger partial charge on any atom is -0.494 e. The number of anilines is 1. The van der Waals surface area contributed by atoms with Crippen molar-refractivity contribution in [2.75, 3.05) is 18.5 Å². The number of amides is 2. The second-order valence-electron chi connectivity index (χ2n) is 6.96. The van der Waals surface area contributed by atoms with Gasteiger partial charge in [-0.3, -0.25) is 14.5 Å². The van der Waals surface area contributed by atoms with E-state index in [-0.39, 0.29) is 17.7 Å². The predicted molar refractivity (Wildman–Crippen MR) is 114 cm³/mol. The lowest BCUT2D eigenvalue weighted by Gasteiger charge is -2.17. The Morgan fingerprint density at radius 3 is 2.39 bits per heavy atom. The number of nitrogens with one attached hydrogen (secondary N) is 1. The summed E-state index contributed by atoms with van der Waals surface area (Å²) in [7, 11) is 0. The van der Waals surface area contributed by atoms with Gasteiger partial charge >= 0.3 is 0 Å². The molecule has 3 rings (SSSR count). The summed E-state index contributed by atoms with van der Waals surface area (Å²) >= 11 is 3.43. The smallest absolute Gasteiger partial charge is 0.278 e. The average molecular weight is 443 g/mol. The summed E-state index contributed by atoms with van der Waals surface area (Å²) in [6, 6.07) is 14.7. The second kappa shape index (κ2) is 8.61. The number of nitrogens with zero attached hydrogens (tertiary/aromatic N) is 1. The van der Waals surface area contributed by atoms with Crippen LogP contribution in [0.15, 0.2) is 58.7 Å². The van der Waals surface area contributed by atoms with Crippen LogP contribution in [0.2, 0.25) is 0 Å². The van der Waals surface area contributed by atoms with Gasteiger partial charge in [-0.1, -0.05) is 48.0 Å². The van der Waals surface area contributed by atoms with Gasteiger partial charge in [-0.05, 0) is 48.7 Å². The molecule has 28 heavy (non-hydrogen) atoms. The van der Waals surface area contributed by atoms with Crippen LogP contribution in [0.4, 0.5) is 5.69 Å². The van der Waals surface area contributed by atoms with E-state index in [2.05, 4.69) is 21.2 Å². The molecule has 1 N–H and O–H groups in total. The summed E-state index contributed by atoms with van der Waals surface area (Å²) in [6.07, 6.45) is 0. The molecule has 0 saturated heterocycles. The average Bonchev–Trinajstić information content (AvgIpc) is 2.87. The van der Waals surface area contributed by atoms with Crippen molar-refractivity contribution in [1.29, 1.82) is 0 Å². The zero-order chi connectivity index (χ0) is 20.3. The number of imide groups is 1. The van der Waals surface area contributed by atoms with E-state index in [1.807, 2.05) is 69.3 Å². The summed E-state index contributed by atoms with van der Waals surface area (Å²) in [5.41, 5.74) is 2.10. The molecule has 146 valence electrons. The quantitative estimate of drug-likeness (QED) is 0.631. The van der Waals surface area contributed by atoms with Gasteiger partial charge in [-0.15, -0.1) is 0 Å². The number of carbonyl (C=O) groups is 2. The Hall–Kier alpha value is -2.60. The summed E-state index contributed by atoms with van der Waals surface area (Å²) in [5, 5.41) is 3.16. The van der Waals surface area contributed by atoms with Gasteiger partial charge in [-0.25, -0.2) is 0 Å². The van der Waals surface area contributed by atoms with Gasteiger partial charge in [0.2, 0.25) is 0 Å². The topological polar surface area (TPSA) is 58.6 Å². The van der Waals surface area contributed by atoms with Crippen LogP contribution in [0.25, 0.3) is 5.57 Å². The molecule has 5 nitrogen and oxygen atoms in total. The molecule has 0 atom stereocenters. The molecular weight excluding hydrogens is 420 g/mol. The van der Waals surface area contributed by atoms with Crippen molar-refractivity contribution in [1.82, 2.24) is 4.90 Å². The number of hydrogen-bond donors (Lipinski definition) is 1. The Bertz CT molecular complexity index is 920. The molecule has 0 fully saturated rings. The highest BCUT2D eigenvalue weighted by Gasteiger charge is 2.39. The molecule has 2 aromatic rings. The summed E-state index contributed by atoms with van der Waals surface area (Å²) in [6.45, 7) is 6.83. The fraction of sp³-hybridized carbons (Fsp3) is 0.273. The van der Waals surface area contributed by atoms with E-state index in [0.717, 1.165) is 15.9 Å². The second-order valence-corrected chi connectivity index (χ2v) is 7.87. The van der Waals surface area contributed by atoms with Crippen molar-refractivity contribution in [3.63, 3.8) is 0 Å². The van der Waals surface area contributed by atoms with Gasteiger partial charge in [0.1, 0.15) is 11.4 Å². The van der Waals surface area contributed by atoms with E-state index in [0.29, 0.717) is 30.0 Å². The molecule has 1 aliphatic heterocycles. The number of benzene rings is 2. The summed E-state index contributed by atoms with van der Waals surface area (Å²) in [4.78, 5) is 27.5. The molecular formula is C22H23BrN2O3. The first-order valence-electron chi connectivity index (χ1n) is 9.27. The maximum Gasteiger partial charge on any atom is 0.278 e. The first-order chi connectivity index (χ1) is 13.4. The van der Waals surface area contributed by atoms with Crippen molar-refractivity contribution >= 4 is 39.0 Å². The molecule has 0 radical (unpaired) electrons. The minimum absolute atomic E-state index is 0.180. The van der Waals surface area contributed by atoms with Crippen LogP contribution in [-0.2, 0) is 9.59 Å².